The number of rotatable bonds is 6. The largest absolute Gasteiger partial charge is 0.391 e. The molecule has 0 bridgehead atoms. The van der Waals surface area contributed by atoms with E-state index in [0.29, 0.717) is 5.56 Å². The number of benzene rings is 1. The zero-order valence-electron chi connectivity index (χ0n) is 9.25. The van der Waals surface area contributed by atoms with Gasteiger partial charge in [-0.1, -0.05) is 24.6 Å². The van der Waals surface area contributed by atoms with Gasteiger partial charge < -0.3 is 4.84 Å². The van der Waals surface area contributed by atoms with E-state index in [0.717, 1.165) is 31.4 Å². The summed E-state index contributed by atoms with van der Waals surface area (Å²) in [6, 6.07) is 3.66. The van der Waals surface area contributed by atoms with E-state index in [1.54, 1.807) is 6.21 Å². The third-order valence-electron chi connectivity index (χ3n) is 2.05. The van der Waals surface area contributed by atoms with Gasteiger partial charge in [0.05, 0.1) is 0 Å². The molecular weight excluding hydrogens is 212 g/mol. The first-order valence-corrected chi connectivity index (χ1v) is 5.31. The Labute approximate surface area is 93.9 Å². The fourth-order valence-electron chi connectivity index (χ4n) is 1.14. The average Bonchev–Trinajstić information content (AvgIpc) is 2.28. The summed E-state index contributed by atoms with van der Waals surface area (Å²) in [5.74, 6) is -1.72. The second-order valence-electron chi connectivity index (χ2n) is 3.45. The minimum absolute atomic E-state index is 0.153. The molecule has 1 aromatic rings. The minimum atomic E-state index is -0.865. The molecule has 0 aliphatic carbocycles. The van der Waals surface area contributed by atoms with E-state index < -0.39 is 11.6 Å². The Bertz CT molecular complexity index is 353. The Morgan fingerprint density at radius 1 is 1.31 bits per heavy atom. The van der Waals surface area contributed by atoms with Gasteiger partial charge in [0.15, 0.2) is 11.6 Å². The molecule has 1 rings (SSSR count). The van der Waals surface area contributed by atoms with Gasteiger partial charge in [-0.2, -0.15) is 0 Å². The van der Waals surface area contributed by atoms with E-state index in [2.05, 4.69) is 12.1 Å². The lowest BCUT2D eigenvalue weighted by atomic mass is 10.2. The zero-order valence-corrected chi connectivity index (χ0v) is 9.25. The van der Waals surface area contributed by atoms with Crippen LogP contribution in [0.4, 0.5) is 8.78 Å². The van der Waals surface area contributed by atoms with Crippen LogP contribution >= 0.6 is 0 Å². The van der Waals surface area contributed by atoms with Crippen molar-refractivity contribution in [3.63, 3.8) is 0 Å². The van der Waals surface area contributed by atoms with Crippen LogP contribution < -0.4 is 0 Å². The van der Waals surface area contributed by atoms with E-state index in [1.807, 2.05) is 0 Å². The van der Waals surface area contributed by atoms with Gasteiger partial charge in [-0.15, -0.1) is 0 Å². The van der Waals surface area contributed by atoms with Gasteiger partial charge in [-0.3, -0.25) is 0 Å². The van der Waals surface area contributed by atoms with Gasteiger partial charge in [-0.05, 0) is 30.5 Å². The second kappa shape index (κ2) is 6.93. The van der Waals surface area contributed by atoms with Crippen LogP contribution in [0.3, 0.4) is 0 Å². The lowest BCUT2D eigenvalue weighted by Crippen LogP contribution is -1.91. The maximum Gasteiger partial charge on any atom is 0.159 e. The molecule has 0 atom stereocenters. The molecule has 0 amide bonds. The number of hydrogen-bond donors (Lipinski definition) is 0. The first-order chi connectivity index (χ1) is 7.74. The fourth-order valence-corrected chi connectivity index (χ4v) is 1.14. The van der Waals surface area contributed by atoms with Crippen molar-refractivity contribution in [3.8, 4) is 0 Å². The fraction of sp³-hybridized carbons (Fsp3) is 0.417. The molecular formula is C12H15F2NO. The van der Waals surface area contributed by atoms with Gasteiger partial charge in [-0.25, -0.2) is 8.78 Å². The SMILES string of the molecule is CCCCC=NOCc1ccc(F)c(F)c1. The highest BCUT2D eigenvalue weighted by atomic mass is 19.2. The van der Waals surface area contributed by atoms with Gasteiger partial charge in [0.1, 0.15) is 6.61 Å². The maximum absolute atomic E-state index is 12.8. The van der Waals surface area contributed by atoms with Gasteiger partial charge in [0.25, 0.3) is 0 Å². The third-order valence-corrected chi connectivity index (χ3v) is 2.05. The Hall–Kier alpha value is -1.45. The van der Waals surface area contributed by atoms with Crippen LogP contribution in [0, 0.1) is 11.6 Å². The summed E-state index contributed by atoms with van der Waals surface area (Å²) in [5, 5.41) is 3.72. The van der Waals surface area contributed by atoms with Crippen molar-refractivity contribution >= 4 is 6.21 Å². The Morgan fingerprint density at radius 3 is 2.81 bits per heavy atom. The van der Waals surface area contributed by atoms with Crippen molar-refractivity contribution in [3.05, 3.63) is 35.4 Å². The van der Waals surface area contributed by atoms with E-state index in [-0.39, 0.29) is 6.61 Å². The molecule has 0 saturated heterocycles. The summed E-state index contributed by atoms with van der Waals surface area (Å²) in [6.45, 7) is 2.25. The van der Waals surface area contributed by atoms with Crippen molar-refractivity contribution in [1.29, 1.82) is 0 Å². The molecule has 0 aromatic heterocycles. The Balaban J connectivity index is 2.32. The van der Waals surface area contributed by atoms with Crippen molar-refractivity contribution in [2.24, 2.45) is 5.16 Å². The number of hydrogen-bond acceptors (Lipinski definition) is 2. The number of oxime groups is 1. The molecule has 0 N–H and O–H groups in total. The van der Waals surface area contributed by atoms with E-state index >= 15 is 0 Å². The van der Waals surface area contributed by atoms with E-state index in [4.69, 9.17) is 4.84 Å². The molecule has 4 heteroatoms. The number of unbranched alkanes of at least 4 members (excludes halogenated alkanes) is 2. The van der Waals surface area contributed by atoms with E-state index in [9.17, 15) is 8.78 Å². The van der Waals surface area contributed by atoms with E-state index in [1.165, 1.54) is 6.07 Å². The lowest BCUT2D eigenvalue weighted by molar-refractivity contribution is 0.131. The molecule has 0 heterocycles. The minimum Gasteiger partial charge on any atom is -0.391 e. The van der Waals surface area contributed by atoms with Crippen molar-refractivity contribution in [2.45, 2.75) is 32.8 Å². The Morgan fingerprint density at radius 2 is 2.12 bits per heavy atom. The van der Waals surface area contributed by atoms with Crippen molar-refractivity contribution in [1.82, 2.24) is 0 Å². The molecule has 2 nitrogen and oxygen atoms in total. The van der Waals surface area contributed by atoms with Crippen molar-refractivity contribution in [2.75, 3.05) is 0 Å². The van der Waals surface area contributed by atoms with Crippen LogP contribution in [-0.2, 0) is 11.4 Å². The van der Waals surface area contributed by atoms with Gasteiger partial charge in [0.2, 0.25) is 0 Å². The standard InChI is InChI=1S/C12H15F2NO/c1-2-3-4-7-15-16-9-10-5-6-11(13)12(14)8-10/h5-8H,2-4,9H2,1H3. The monoisotopic (exact) mass is 227 g/mol. The summed E-state index contributed by atoms with van der Waals surface area (Å²) >= 11 is 0. The third kappa shape index (κ3) is 4.38. The van der Waals surface area contributed by atoms with Crippen LogP contribution in [0.15, 0.2) is 23.4 Å². The molecule has 0 radical (unpaired) electrons. The summed E-state index contributed by atoms with van der Waals surface area (Å²) in [5.41, 5.74) is 0.562. The predicted octanol–water partition coefficient (Wildman–Crippen LogP) is 3.66. The van der Waals surface area contributed by atoms with Crippen LogP contribution in [0.1, 0.15) is 31.7 Å². The quantitative estimate of drug-likeness (QED) is 0.413. The first-order valence-electron chi connectivity index (χ1n) is 5.31. The molecule has 0 aliphatic rings. The normalized spacial score (nSPS) is 10.9. The molecule has 0 unspecified atom stereocenters. The van der Waals surface area contributed by atoms with Crippen LogP contribution in [0.25, 0.3) is 0 Å². The highest BCUT2D eigenvalue weighted by Crippen LogP contribution is 2.09. The first kappa shape index (κ1) is 12.6. The highest BCUT2D eigenvalue weighted by molar-refractivity contribution is 5.56. The Kier molecular flexibility index (Phi) is 5.46. The van der Waals surface area contributed by atoms with Crippen LogP contribution in [0.2, 0.25) is 0 Å². The van der Waals surface area contributed by atoms with Gasteiger partial charge >= 0.3 is 0 Å². The predicted molar refractivity (Wildman–Crippen MR) is 59.2 cm³/mol. The van der Waals surface area contributed by atoms with Gasteiger partial charge in [0, 0.05) is 6.21 Å². The summed E-state index contributed by atoms with van der Waals surface area (Å²) < 4.78 is 25.4. The number of halogens is 2. The zero-order chi connectivity index (χ0) is 11.8. The van der Waals surface area contributed by atoms with Crippen molar-refractivity contribution < 1.29 is 13.6 Å². The van der Waals surface area contributed by atoms with Crippen LogP contribution in [-0.4, -0.2) is 6.21 Å². The average molecular weight is 227 g/mol. The van der Waals surface area contributed by atoms with Crippen LogP contribution in [0.5, 0.6) is 0 Å². The lowest BCUT2D eigenvalue weighted by Gasteiger charge is -2.00. The molecule has 0 aliphatic heterocycles. The summed E-state index contributed by atoms with van der Waals surface area (Å²) in [7, 11) is 0. The molecule has 1 aromatic carbocycles. The topological polar surface area (TPSA) is 21.6 Å². The smallest absolute Gasteiger partial charge is 0.159 e. The maximum atomic E-state index is 12.8. The molecule has 0 fully saturated rings. The second-order valence-corrected chi connectivity index (χ2v) is 3.45. The molecule has 0 spiro atoms. The molecule has 0 saturated carbocycles. The summed E-state index contributed by atoms with van der Waals surface area (Å²) in [4.78, 5) is 4.94. The molecule has 16 heavy (non-hydrogen) atoms. The number of nitrogens with zero attached hydrogens (tertiary/aromatic N) is 1. The molecule has 88 valence electrons. The highest BCUT2D eigenvalue weighted by Gasteiger charge is 2.01. The summed E-state index contributed by atoms with van der Waals surface area (Å²) in [6.07, 6.45) is 4.73.